The molecule has 1 atom stereocenters. The van der Waals surface area contributed by atoms with Crippen LogP contribution < -0.4 is 5.73 Å². The Labute approximate surface area is 94.3 Å². The highest BCUT2D eigenvalue weighted by atomic mass is 35.5. The van der Waals surface area contributed by atoms with Gasteiger partial charge in [0.2, 0.25) is 0 Å². The predicted octanol–water partition coefficient (Wildman–Crippen LogP) is 3.98. The molecule has 1 nitrogen and oxygen atoms in total. The number of rotatable bonds is 2. The first-order valence-electron chi connectivity index (χ1n) is 5.28. The van der Waals surface area contributed by atoms with Gasteiger partial charge in [0.1, 0.15) is 0 Å². The van der Waals surface area contributed by atoms with Crippen LogP contribution in [0.2, 0.25) is 4.34 Å². The third kappa shape index (κ3) is 2.30. The van der Waals surface area contributed by atoms with E-state index >= 15 is 0 Å². The second kappa shape index (κ2) is 4.65. The zero-order valence-corrected chi connectivity index (χ0v) is 9.78. The Morgan fingerprint density at radius 2 is 2.00 bits per heavy atom. The molecule has 1 fully saturated rings. The first-order chi connectivity index (χ1) is 6.77. The lowest BCUT2D eigenvalue weighted by Gasteiger charge is -2.26. The van der Waals surface area contributed by atoms with E-state index in [0.29, 0.717) is 5.92 Å². The van der Waals surface area contributed by atoms with E-state index in [1.165, 1.54) is 37.0 Å². The van der Waals surface area contributed by atoms with E-state index in [1.807, 2.05) is 6.07 Å². The summed E-state index contributed by atoms with van der Waals surface area (Å²) in [6.45, 7) is 0. The van der Waals surface area contributed by atoms with Crippen LogP contribution in [0.1, 0.15) is 43.0 Å². The van der Waals surface area contributed by atoms with Crippen molar-refractivity contribution in [2.24, 2.45) is 11.7 Å². The minimum Gasteiger partial charge on any atom is -0.323 e. The van der Waals surface area contributed by atoms with Crippen LogP contribution in [0.25, 0.3) is 0 Å². The highest BCUT2D eigenvalue weighted by molar-refractivity contribution is 7.16. The number of thiophene rings is 1. The molecule has 1 aliphatic rings. The zero-order chi connectivity index (χ0) is 9.97. The average Bonchev–Trinajstić information content (AvgIpc) is 2.65. The molecule has 0 aliphatic heterocycles. The third-order valence-corrected chi connectivity index (χ3v) is 4.41. The number of nitrogens with two attached hydrogens (primary N) is 1. The first-order valence-corrected chi connectivity index (χ1v) is 6.47. The van der Waals surface area contributed by atoms with Gasteiger partial charge >= 0.3 is 0 Å². The fourth-order valence-corrected chi connectivity index (χ4v) is 3.39. The molecule has 1 aliphatic carbocycles. The minimum absolute atomic E-state index is 0.216. The summed E-state index contributed by atoms with van der Waals surface area (Å²) in [5.74, 6) is 0.679. The van der Waals surface area contributed by atoms with Gasteiger partial charge in [0.15, 0.2) is 0 Å². The molecule has 1 aromatic heterocycles. The molecule has 78 valence electrons. The normalized spacial score (nSPS) is 21.0. The highest BCUT2D eigenvalue weighted by Gasteiger charge is 2.22. The minimum atomic E-state index is 0.216. The highest BCUT2D eigenvalue weighted by Crippen LogP contribution is 2.36. The lowest BCUT2D eigenvalue weighted by Crippen LogP contribution is -2.22. The molecule has 1 saturated carbocycles. The average molecular weight is 230 g/mol. The molecule has 1 heterocycles. The summed E-state index contributed by atoms with van der Waals surface area (Å²) in [6, 6.07) is 4.24. The number of hydrogen-bond donors (Lipinski definition) is 1. The lowest BCUT2D eigenvalue weighted by molar-refractivity contribution is 0.311. The van der Waals surface area contributed by atoms with Crippen LogP contribution in [-0.4, -0.2) is 0 Å². The van der Waals surface area contributed by atoms with Gasteiger partial charge in [0.25, 0.3) is 0 Å². The largest absolute Gasteiger partial charge is 0.323 e. The Bertz CT molecular complexity index is 291. The molecule has 0 unspecified atom stereocenters. The lowest BCUT2D eigenvalue weighted by atomic mass is 9.84. The smallest absolute Gasteiger partial charge is 0.0931 e. The van der Waals surface area contributed by atoms with Crippen molar-refractivity contribution in [1.29, 1.82) is 0 Å². The van der Waals surface area contributed by atoms with Gasteiger partial charge in [-0.2, -0.15) is 0 Å². The molecule has 0 aromatic carbocycles. The van der Waals surface area contributed by atoms with Crippen molar-refractivity contribution in [3.63, 3.8) is 0 Å². The van der Waals surface area contributed by atoms with Gasteiger partial charge in [-0.1, -0.05) is 30.9 Å². The fourth-order valence-electron chi connectivity index (χ4n) is 2.23. The molecular weight excluding hydrogens is 214 g/mol. The third-order valence-electron chi connectivity index (χ3n) is 3.08. The van der Waals surface area contributed by atoms with Crippen LogP contribution in [0, 0.1) is 5.92 Å². The van der Waals surface area contributed by atoms with Crippen molar-refractivity contribution >= 4 is 22.9 Å². The molecule has 1 aromatic rings. The van der Waals surface area contributed by atoms with Crippen molar-refractivity contribution in [1.82, 2.24) is 0 Å². The quantitative estimate of drug-likeness (QED) is 0.816. The van der Waals surface area contributed by atoms with E-state index in [9.17, 15) is 0 Å². The van der Waals surface area contributed by atoms with Gasteiger partial charge < -0.3 is 5.73 Å². The standard InChI is InChI=1S/C11H16ClNS/c12-10-7-6-9(14-10)11(13)8-4-2-1-3-5-8/h6-8,11H,1-5,13H2/t11-/m1/s1. The molecular formula is C11H16ClNS. The molecule has 0 spiro atoms. The summed E-state index contributed by atoms with van der Waals surface area (Å²) in [5, 5.41) is 0. The van der Waals surface area contributed by atoms with Gasteiger partial charge in [0, 0.05) is 10.9 Å². The van der Waals surface area contributed by atoms with Gasteiger partial charge in [-0.05, 0) is 30.9 Å². The Kier molecular flexibility index (Phi) is 3.47. The molecule has 0 amide bonds. The topological polar surface area (TPSA) is 26.0 Å². The van der Waals surface area contributed by atoms with Crippen LogP contribution in [-0.2, 0) is 0 Å². The monoisotopic (exact) mass is 229 g/mol. The van der Waals surface area contributed by atoms with Crippen molar-refractivity contribution in [3.8, 4) is 0 Å². The second-order valence-corrected chi connectivity index (χ2v) is 5.81. The van der Waals surface area contributed by atoms with Crippen LogP contribution in [0.4, 0.5) is 0 Å². The SMILES string of the molecule is N[C@@H](c1ccc(Cl)s1)C1CCCCC1. The van der Waals surface area contributed by atoms with Gasteiger partial charge in [-0.25, -0.2) is 0 Å². The van der Waals surface area contributed by atoms with E-state index < -0.39 is 0 Å². The summed E-state index contributed by atoms with van der Waals surface area (Å²) >= 11 is 7.54. The number of halogens is 1. The molecule has 2 N–H and O–H groups in total. The Balaban J connectivity index is 2.03. The maximum Gasteiger partial charge on any atom is 0.0931 e. The summed E-state index contributed by atoms with van der Waals surface area (Å²) < 4.78 is 0.853. The van der Waals surface area contributed by atoms with E-state index in [2.05, 4.69) is 6.07 Å². The van der Waals surface area contributed by atoms with Gasteiger partial charge in [-0.3, -0.25) is 0 Å². The molecule has 0 saturated heterocycles. The van der Waals surface area contributed by atoms with Crippen LogP contribution in [0.15, 0.2) is 12.1 Å². The Morgan fingerprint density at radius 3 is 2.57 bits per heavy atom. The Hall–Kier alpha value is -0.0500. The molecule has 2 rings (SSSR count). The van der Waals surface area contributed by atoms with E-state index in [0.717, 1.165) is 4.34 Å². The van der Waals surface area contributed by atoms with Crippen molar-refractivity contribution < 1.29 is 0 Å². The molecule has 0 radical (unpaired) electrons. The maximum absolute atomic E-state index is 6.23. The van der Waals surface area contributed by atoms with E-state index in [4.69, 9.17) is 17.3 Å². The van der Waals surface area contributed by atoms with Crippen molar-refractivity contribution in [2.45, 2.75) is 38.1 Å². The van der Waals surface area contributed by atoms with Crippen LogP contribution >= 0.6 is 22.9 Å². The summed E-state index contributed by atoms with van der Waals surface area (Å²) in [6.07, 6.45) is 6.65. The van der Waals surface area contributed by atoms with Gasteiger partial charge in [0.05, 0.1) is 4.34 Å². The fraction of sp³-hybridized carbons (Fsp3) is 0.636. The van der Waals surface area contributed by atoms with Gasteiger partial charge in [-0.15, -0.1) is 11.3 Å². The predicted molar refractivity (Wildman–Crippen MR) is 62.8 cm³/mol. The molecule has 14 heavy (non-hydrogen) atoms. The van der Waals surface area contributed by atoms with Crippen LogP contribution in [0.5, 0.6) is 0 Å². The summed E-state index contributed by atoms with van der Waals surface area (Å²) in [4.78, 5) is 1.25. The maximum atomic E-state index is 6.23. The summed E-state index contributed by atoms with van der Waals surface area (Å²) in [7, 11) is 0. The molecule has 0 bridgehead atoms. The second-order valence-electron chi connectivity index (χ2n) is 4.07. The Morgan fingerprint density at radius 1 is 1.29 bits per heavy atom. The van der Waals surface area contributed by atoms with Crippen LogP contribution in [0.3, 0.4) is 0 Å². The van der Waals surface area contributed by atoms with E-state index in [-0.39, 0.29) is 6.04 Å². The van der Waals surface area contributed by atoms with Crippen molar-refractivity contribution in [2.75, 3.05) is 0 Å². The molecule has 3 heteroatoms. The van der Waals surface area contributed by atoms with E-state index in [1.54, 1.807) is 11.3 Å². The van der Waals surface area contributed by atoms with Crippen molar-refractivity contribution in [3.05, 3.63) is 21.3 Å². The summed E-state index contributed by atoms with van der Waals surface area (Å²) in [5.41, 5.74) is 6.23. The number of hydrogen-bond acceptors (Lipinski definition) is 2. The zero-order valence-electron chi connectivity index (χ0n) is 8.21. The first kappa shape index (κ1) is 10.5.